The SMILES string of the molecule is CCCC(CCNc1nccs1)CCC(=O)O. The van der Waals surface area contributed by atoms with Crippen molar-refractivity contribution in [3.8, 4) is 0 Å². The maximum Gasteiger partial charge on any atom is 0.303 e. The van der Waals surface area contributed by atoms with E-state index in [1.165, 1.54) is 0 Å². The Morgan fingerprint density at radius 3 is 2.94 bits per heavy atom. The van der Waals surface area contributed by atoms with Crippen LogP contribution < -0.4 is 5.32 Å². The Morgan fingerprint density at radius 1 is 1.53 bits per heavy atom. The molecular weight excluding hydrogens is 236 g/mol. The fourth-order valence-electron chi connectivity index (χ4n) is 1.86. The molecule has 0 radical (unpaired) electrons. The molecule has 1 unspecified atom stereocenters. The maximum atomic E-state index is 10.5. The Morgan fingerprint density at radius 2 is 2.35 bits per heavy atom. The third-order valence-electron chi connectivity index (χ3n) is 2.72. The molecule has 96 valence electrons. The number of carboxylic acid groups (broad SMARTS) is 1. The molecule has 0 aliphatic heterocycles. The molecule has 1 rings (SSSR count). The van der Waals surface area contributed by atoms with Gasteiger partial charge in [0.25, 0.3) is 0 Å². The topological polar surface area (TPSA) is 62.2 Å². The van der Waals surface area contributed by atoms with Crippen LogP contribution in [0.5, 0.6) is 0 Å². The molecule has 0 spiro atoms. The molecule has 0 aliphatic rings. The van der Waals surface area contributed by atoms with E-state index in [4.69, 9.17) is 5.11 Å². The van der Waals surface area contributed by atoms with Gasteiger partial charge >= 0.3 is 5.97 Å². The zero-order chi connectivity index (χ0) is 12.5. The Kier molecular flexibility index (Phi) is 6.62. The molecule has 1 atom stereocenters. The van der Waals surface area contributed by atoms with Crippen molar-refractivity contribution in [2.24, 2.45) is 5.92 Å². The predicted octanol–water partition coefficient (Wildman–Crippen LogP) is 3.23. The number of thiazole rings is 1. The highest BCUT2D eigenvalue weighted by Crippen LogP contribution is 2.18. The van der Waals surface area contributed by atoms with Crippen molar-refractivity contribution in [2.45, 2.75) is 39.0 Å². The van der Waals surface area contributed by atoms with E-state index in [2.05, 4.69) is 17.2 Å². The molecule has 0 saturated carbocycles. The summed E-state index contributed by atoms with van der Waals surface area (Å²) in [6.07, 6.45) is 6.07. The first-order valence-electron chi connectivity index (χ1n) is 6.07. The Hall–Kier alpha value is -1.10. The van der Waals surface area contributed by atoms with Crippen LogP contribution in [0.25, 0.3) is 0 Å². The van der Waals surface area contributed by atoms with E-state index in [0.29, 0.717) is 5.92 Å². The van der Waals surface area contributed by atoms with Gasteiger partial charge in [-0.25, -0.2) is 4.98 Å². The lowest BCUT2D eigenvalue weighted by Crippen LogP contribution is -2.10. The van der Waals surface area contributed by atoms with Gasteiger partial charge in [-0.1, -0.05) is 19.8 Å². The molecule has 0 fully saturated rings. The van der Waals surface area contributed by atoms with Gasteiger partial charge in [0.1, 0.15) is 0 Å². The zero-order valence-corrected chi connectivity index (χ0v) is 11.0. The molecule has 17 heavy (non-hydrogen) atoms. The van der Waals surface area contributed by atoms with Gasteiger partial charge < -0.3 is 10.4 Å². The van der Waals surface area contributed by atoms with Gasteiger partial charge in [-0.15, -0.1) is 11.3 Å². The summed E-state index contributed by atoms with van der Waals surface area (Å²) in [7, 11) is 0. The van der Waals surface area contributed by atoms with Crippen LogP contribution in [0.15, 0.2) is 11.6 Å². The molecule has 0 bridgehead atoms. The van der Waals surface area contributed by atoms with Crippen molar-refractivity contribution < 1.29 is 9.90 Å². The monoisotopic (exact) mass is 256 g/mol. The number of carbonyl (C=O) groups is 1. The smallest absolute Gasteiger partial charge is 0.303 e. The van der Waals surface area contributed by atoms with E-state index in [9.17, 15) is 4.79 Å². The third-order valence-corrected chi connectivity index (χ3v) is 3.46. The van der Waals surface area contributed by atoms with E-state index < -0.39 is 5.97 Å². The lowest BCUT2D eigenvalue weighted by Gasteiger charge is -2.15. The highest BCUT2D eigenvalue weighted by molar-refractivity contribution is 7.13. The first kappa shape index (κ1) is 14.0. The van der Waals surface area contributed by atoms with E-state index in [0.717, 1.165) is 37.4 Å². The van der Waals surface area contributed by atoms with Gasteiger partial charge in [0.15, 0.2) is 5.13 Å². The number of carboxylic acids is 1. The summed E-state index contributed by atoms with van der Waals surface area (Å²) < 4.78 is 0. The second-order valence-electron chi connectivity index (χ2n) is 4.14. The van der Waals surface area contributed by atoms with Crippen LogP contribution in [0.2, 0.25) is 0 Å². The summed E-state index contributed by atoms with van der Waals surface area (Å²) in [5.41, 5.74) is 0. The summed E-state index contributed by atoms with van der Waals surface area (Å²) in [4.78, 5) is 14.7. The second-order valence-corrected chi connectivity index (χ2v) is 5.03. The highest BCUT2D eigenvalue weighted by Gasteiger charge is 2.10. The van der Waals surface area contributed by atoms with Gasteiger partial charge in [-0.2, -0.15) is 0 Å². The molecule has 0 amide bonds. The van der Waals surface area contributed by atoms with Crippen LogP contribution in [0.3, 0.4) is 0 Å². The van der Waals surface area contributed by atoms with Crippen molar-refractivity contribution in [3.63, 3.8) is 0 Å². The van der Waals surface area contributed by atoms with Crippen LogP contribution in [-0.4, -0.2) is 22.6 Å². The maximum absolute atomic E-state index is 10.5. The Balaban J connectivity index is 2.21. The number of anilines is 1. The largest absolute Gasteiger partial charge is 0.481 e. The van der Waals surface area contributed by atoms with Crippen LogP contribution in [0.1, 0.15) is 39.0 Å². The molecule has 0 saturated heterocycles. The summed E-state index contributed by atoms with van der Waals surface area (Å²) in [5, 5.41) is 14.8. The van der Waals surface area contributed by atoms with Crippen molar-refractivity contribution in [1.82, 2.24) is 4.98 Å². The zero-order valence-electron chi connectivity index (χ0n) is 10.2. The normalized spacial score (nSPS) is 12.3. The standard InChI is InChI=1S/C12H20N2O2S/c1-2-3-10(4-5-11(15)16)6-7-13-12-14-8-9-17-12/h8-10H,2-7H2,1H3,(H,13,14)(H,15,16). The highest BCUT2D eigenvalue weighted by atomic mass is 32.1. The molecular formula is C12H20N2O2S. The van der Waals surface area contributed by atoms with Crippen LogP contribution in [0.4, 0.5) is 5.13 Å². The summed E-state index contributed by atoms with van der Waals surface area (Å²) in [6.45, 7) is 3.01. The first-order chi connectivity index (χ1) is 8.22. The summed E-state index contributed by atoms with van der Waals surface area (Å²) >= 11 is 1.59. The van der Waals surface area contributed by atoms with Gasteiger partial charge in [0, 0.05) is 24.5 Å². The van der Waals surface area contributed by atoms with Crippen molar-refractivity contribution in [1.29, 1.82) is 0 Å². The van der Waals surface area contributed by atoms with Crippen LogP contribution in [0, 0.1) is 5.92 Å². The average molecular weight is 256 g/mol. The number of nitrogens with one attached hydrogen (secondary N) is 1. The molecule has 4 nitrogen and oxygen atoms in total. The number of nitrogens with zero attached hydrogens (tertiary/aromatic N) is 1. The van der Waals surface area contributed by atoms with Gasteiger partial charge in [-0.3, -0.25) is 4.79 Å². The molecule has 0 aliphatic carbocycles. The number of rotatable bonds is 9. The molecule has 2 N–H and O–H groups in total. The Labute approximate surface area is 106 Å². The summed E-state index contributed by atoms with van der Waals surface area (Å²) in [5.74, 6) is -0.192. The van der Waals surface area contributed by atoms with Crippen molar-refractivity contribution in [3.05, 3.63) is 11.6 Å². The quantitative estimate of drug-likeness (QED) is 0.712. The minimum atomic E-state index is -0.695. The third kappa shape index (κ3) is 6.26. The molecule has 5 heteroatoms. The molecule has 1 aromatic heterocycles. The van der Waals surface area contributed by atoms with Gasteiger partial charge in [0.05, 0.1) is 0 Å². The van der Waals surface area contributed by atoms with E-state index >= 15 is 0 Å². The predicted molar refractivity (Wildman–Crippen MR) is 70.5 cm³/mol. The molecule has 1 aromatic rings. The number of hydrogen-bond acceptors (Lipinski definition) is 4. The molecule has 0 aromatic carbocycles. The Bertz CT molecular complexity index is 314. The number of aromatic nitrogens is 1. The first-order valence-corrected chi connectivity index (χ1v) is 6.95. The van der Waals surface area contributed by atoms with E-state index in [1.807, 2.05) is 5.38 Å². The van der Waals surface area contributed by atoms with E-state index in [-0.39, 0.29) is 6.42 Å². The van der Waals surface area contributed by atoms with Crippen molar-refractivity contribution >= 4 is 22.4 Å². The fourth-order valence-corrected chi connectivity index (χ4v) is 2.42. The van der Waals surface area contributed by atoms with Crippen molar-refractivity contribution in [2.75, 3.05) is 11.9 Å². The lowest BCUT2D eigenvalue weighted by atomic mass is 9.94. The van der Waals surface area contributed by atoms with E-state index in [1.54, 1.807) is 17.5 Å². The van der Waals surface area contributed by atoms with Gasteiger partial charge in [0.2, 0.25) is 0 Å². The van der Waals surface area contributed by atoms with Crippen LogP contribution >= 0.6 is 11.3 Å². The molecule has 1 heterocycles. The minimum Gasteiger partial charge on any atom is -0.481 e. The number of aliphatic carboxylic acids is 1. The van der Waals surface area contributed by atoms with Crippen LogP contribution in [-0.2, 0) is 4.79 Å². The van der Waals surface area contributed by atoms with Gasteiger partial charge in [-0.05, 0) is 18.8 Å². The second kappa shape index (κ2) is 8.06. The number of hydrogen-bond donors (Lipinski definition) is 2. The average Bonchev–Trinajstić information content (AvgIpc) is 2.78. The fraction of sp³-hybridized carbons (Fsp3) is 0.667. The summed E-state index contributed by atoms with van der Waals surface area (Å²) in [6, 6.07) is 0. The minimum absolute atomic E-state index is 0.280. The lowest BCUT2D eigenvalue weighted by molar-refractivity contribution is -0.137.